The van der Waals surface area contributed by atoms with Crippen LogP contribution in [-0.4, -0.2) is 18.9 Å². The van der Waals surface area contributed by atoms with Crippen molar-refractivity contribution in [2.45, 2.75) is 6.04 Å². The Morgan fingerprint density at radius 1 is 0.781 bits per heavy atom. The van der Waals surface area contributed by atoms with Crippen molar-refractivity contribution in [2.24, 2.45) is 0 Å². The van der Waals surface area contributed by atoms with Crippen molar-refractivity contribution in [3.8, 4) is 5.75 Å². The van der Waals surface area contributed by atoms with Gasteiger partial charge in [0.2, 0.25) is 0 Å². The Bertz CT molecular complexity index is 1170. The summed E-state index contributed by atoms with van der Waals surface area (Å²) in [5.74, 6) is 0.388. The van der Waals surface area contributed by atoms with Gasteiger partial charge in [-0.2, -0.15) is 0 Å². The first-order chi connectivity index (χ1) is 15.6. The van der Waals surface area contributed by atoms with Crippen molar-refractivity contribution in [1.82, 2.24) is 5.32 Å². The summed E-state index contributed by atoms with van der Waals surface area (Å²) in [6.07, 6.45) is 0. The monoisotopic (exact) mass is 442 g/mol. The van der Waals surface area contributed by atoms with Crippen molar-refractivity contribution < 1.29 is 14.3 Å². The fourth-order valence-corrected chi connectivity index (χ4v) is 3.94. The van der Waals surface area contributed by atoms with E-state index in [1.165, 1.54) is 11.3 Å². The van der Waals surface area contributed by atoms with Gasteiger partial charge in [0, 0.05) is 11.3 Å². The van der Waals surface area contributed by atoms with E-state index < -0.39 is 0 Å². The molecule has 6 heteroatoms. The van der Waals surface area contributed by atoms with E-state index in [9.17, 15) is 9.59 Å². The van der Waals surface area contributed by atoms with Crippen LogP contribution >= 0.6 is 11.3 Å². The molecule has 2 amide bonds. The van der Waals surface area contributed by atoms with Crippen LogP contribution in [0.2, 0.25) is 0 Å². The van der Waals surface area contributed by atoms with Crippen molar-refractivity contribution >= 4 is 28.8 Å². The number of carbonyl (C=O) groups excluding carboxylic acids is 2. The lowest BCUT2D eigenvalue weighted by atomic mass is 9.98. The molecule has 1 heterocycles. The van der Waals surface area contributed by atoms with Gasteiger partial charge < -0.3 is 15.4 Å². The Hall–Kier alpha value is -3.90. The minimum Gasteiger partial charge on any atom is -0.497 e. The van der Waals surface area contributed by atoms with Gasteiger partial charge in [-0.3, -0.25) is 9.59 Å². The Balaban J connectivity index is 1.50. The molecule has 160 valence electrons. The van der Waals surface area contributed by atoms with Crippen molar-refractivity contribution in [2.75, 3.05) is 12.4 Å². The van der Waals surface area contributed by atoms with Gasteiger partial charge in [0.05, 0.1) is 18.0 Å². The van der Waals surface area contributed by atoms with Crippen LogP contribution in [0.15, 0.2) is 96.4 Å². The van der Waals surface area contributed by atoms with E-state index >= 15 is 0 Å². The Morgan fingerprint density at radius 3 is 2.09 bits per heavy atom. The maximum atomic E-state index is 13.0. The zero-order valence-electron chi connectivity index (χ0n) is 17.4. The number of rotatable bonds is 7. The van der Waals surface area contributed by atoms with Gasteiger partial charge in [0.15, 0.2) is 0 Å². The summed E-state index contributed by atoms with van der Waals surface area (Å²) in [5, 5.41) is 7.82. The van der Waals surface area contributed by atoms with Gasteiger partial charge in [-0.25, -0.2) is 0 Å². The first kappa shape index (κ1) is 21.3. The van der Waals surface area contributed by atoms with E-state index in [2.05, 4.69) is 10.6 Å². The Kier molecular flexibility index (Phi) is 6.63. The van der Waals surface area contributed by atoms with Crippen LogP contribution < -0.4 is 15.4 Å². The molecule has 4 aromatic rings. The summed E-state index contributed by atoms with van der Waals surface area (Å²) in [6, 6.07) is 27.6. The molecular formula is C26H22N2O3S. The number of thiophene rings is 1. The van der Waals surface area contributed by atoms with E-state index in [0.29, 0.717) is 16.1 Å². The van der Waals surface area contributed by atoms with Crippen LogP contribution in [0.25, 0.3) is 0 Å². The summed E-state index contributed by atoms with van der Waals surface area (Å²) < 4.78 is 5.25. The topological polar surface area (TPSA) is 67.4 Å². The lowest BCUT2D eigenvalue weighted by Crippen LogP contribution is -2.29. The summed E-state index contributed by atoms with van der Waals surface area (Å²) in [4.78, 5) is 25.9. The second kappa shape index (κ2) is 9.94. The van der Waals surface area contributed by atoms with Gasteiger partial charge in [-0.1, -0.05) is 48.5 Å². The number of anilines is 1. The molecule has 0 spiro atoms. The minimum atomic E-state index is -0.312. The average molecular weight is 443 g/mol. The second-order valence-electron chi connectivity index (χ2n) is 7.10. The SMILES string of the molecule is COc1ccc([C@@H](NC(=O)c2ccc(NC(=O)c3cccs3)cc2)c2ccccc2)cc1. The van der Waals surface area contributed by atoms with Crippen LogP contribution in [0.1, 0.15) is 37.2 Å². The first-order valence-corrected chi connectivity index (χ1v) is 11.0. The second-order valence-corrected chi connectivity index (χ2v) is 8.05. The number of hydrogen-bond acceptors (Lipinski definition) is 4. The third kappa shape index (κ3) is 5.04. The number of hydrogen-bond donors (Lipinski definition) is 2. The molecule has 32 heavy (non-hydrogen) atoms. The molecule has 3 aromatic carbocycles. The van der Waals surface area contributed by atoms with Crippen molar-refractivity contribution in [3.05, 3.63) is 118 Å². The quantitative estimate of drug-likeness (QED) is 0.396. The predicted molar refractivity (Wildman–Crippen MR) is 127 cm³/mol. The third-order valence-electron chi connectivity index (χ3n) is 5.01. The van der Waals surface area contributed by atoms with Crippen LogP contribution in [0, 0.1) is 0 Å². The highest BCUT2D eigenvalue weighted by atomic mass is 32.1. The Labute approximate surface area is 190 Å². The minimum absolute atomic E-state index is 0.166. The lowest BCUT2D eigenvalue weighted by Gasteiger charge is -2.20. The molecule has 0 radical (unpaired) electrons. The molecule has 1 aromatic heterocycles. The fraction of sp³-hybridized carbons (Fsp3) is 0.0769. The van der Waals surface area contributed by atoms with E-state index in [0.717, 1.165) is 16.9 Å². The molecule has 2 N–H and O–H groups in total. The van der Waals surface area contributed by atoms with Gasteiger partial charge in [-0.15, -0.1) is 11.3 Å². The number of ether oxygens (including phenoxy) is 1. The highest BCUT2D eigenvalue weighted by Crippen LogP contribution is 2.25. The molecule has 0 bridgehead atoms. The van der Waals surface area contributed by atoms with Gasteiger partial charge >= 0.3 is 0 Å². The molecule has 0 aliphatic rings. The standard InChI is InChI=1S/C26H22N2O3S/c1-31-22-15-11-19(12-16-22)24(18-6-3-2-4-7-18)28-25(29)20-9-13-21(14-10-20)27-26(30)23-8-5-17-32-23/h2-17,24H,1H3,(H,27,30)(H,28,29)/t24-/m0/s1. The van der Waals surface area contributed by atoms with Crippen LogP contribution in [-0.2, 0) is 0 Å². The molecular weight excluding hydrogens is 420 g/mol. The number of nitrogens with one attached hydrogen (secondary N) is 2. The zero-order chi connectivity index (χ0) is 22.3. The van der Waals surface area contributed by atoms with E-state index in [-0.39, 0.29) is 17.9 Å². The summed E-state index contributed by atoms with van der Waals surface area (Å²) >= 11 is 1.38. The van der Waals surface area contributed by atoms with E-state index in [1.807, 2.05) is 66.0 Å². The maximum Gasteiger partial charge on any atom is 0.265 e. The molecule has 0 aliphatic heterocycles. The van der Waals surface area contributed by atoms with Crippen molar-refractivity contribution in [1.29, 1.82) is 0 Å². The summed E-state index contributed by atoms with van der Waals surface area (Å²) in [5.41, 5.74) is 3.07. The van der Waals surface area contributed by atoms with Crippen LogP contribution in [0.3, 0.4) is 0 Å². The number of benzene rings is 3. The largest absolute Gasteiger partial charge is 0.497 e. The summed E-state index contributed by atoms with van der Waals surface area (Å²) in [7, 11) is 1.62. The molecule has 0 aliphatic carbocycles. The summed E-state index contributed by atoms with van der Waals surface area (Å²) in [6.45, 7) is 0. The van der Waals surface area contributed by atoms with Gasteiger partial charge in [0.25, 0.3) is 11.8 Å². The Morgan fingerprint density at radius 2 is 1.47 bits per heavy atom. The number of amides is 2. The zero-order valence-corrected chi connectivity index (χ0v) is 18.3. The molecule has 0 saturated heterocycles. The molecule has 5 nitrogen and oxygen atoms in total. The smallest absolute Gasteiger partial charge is 0.265 e. The van der Waals surface area contributed by atoms with Crippen LogP contribution in [0.4, 0.5) is 5.69 Å². The van der Waals surface area contributed by atoms with E-state index in [1.54, 1.807) is 37.4 Å². The number of carbonyl (C=O) groups is 2. The highest BCUT2D eigenvalue weighted by Gasteiger charge is 2.18. The molecule has 0 unspecified atom stereocenters. The molecule has 4 rings (SSSR count). The normalized spacial score (nSPS) is 11.4. The highest BCUT2D eigenvalue weighted by molar-refractivity contribution is 7.12. The van der Waals surface area contributed by atoms with E-state index in [4.69, 9.17) is 4.74 Å². The van der Waals surface area contributed by atoms with Gasteiger partial charge in [0.1, 0.15) is 5.75 Å². The van der Waals surface area contributed by atoms with Crippen molar-refractivity contribution in [3.63, 3.8) is 0 Å². The predicted octanol–water partition coefficient (Wildman–Crippen LogP) is 5.53. The molecule has 0 saturated carbocycles. The third-order valence-corrected chi connectivity index (χ3v) is 5.88. The lowest BCUT2D eigenvalue weighted by molar-refractivity contribution is 0.0942. The first-order valence-electron chi connectivity index (χ1n) is 10.1. The number of methoxy groups -OCH3 is 1. The maximum absolute atomic E-state index is 13.0. The molecule has 1 atom stereocenters. The average Bonchev–Trinajstić information content (AvgIpc) is 3.39. The molecule has 0 fully saturated rings. The fourth-order valence-electron chi connectivity index (χ4n) is 3.32. The van der Waals surface area contributed by atoms with Gasteiger partial charge in [-0.05, 0) is 59.0 Å². The van der Waals surface area contributed by atoms with Crippen LogP contribution in [0.5, 0.6) is 5.75 Å².